The molecule has 30 heavy (non-hydrogen) atoms. The van der Waals surface area contributed by atoms with Crippen molar-refractivity contribution in [1.82, 2.24) is 9.78 Å². The maximum atomic E-state index is 13.0. The van der Waals surface area contributed by atoms with E-state index in [9.17, 15) is 23.2 Å². The number of hydrogen-bond acceptors (Lipinski definition) is 4. The molecule has 3 rings (SSSR count). The highest BCUT2D eigenvalue weighted by molar-refractivity contribution is 9.10. The third-order valence-electron chi connectivity index (χ3n) is 5.55. The molecule has 0 saturated heterocycles. The molecule has 2 aromatic rings. The van der Waals surface area contributed by atoms with Gasteiger partial charge in [0.2, 0.25) is 5.91 Å². The molecule has 162 valence electrons. The molecule has 1 aliphatic rings. The van der Waals surface area contributed by atoms with E-state index in [1.165, 1.54) is 18.3 Å². The summed E-state index contributed by atoms with van der Waals surface area (Å²) in [5, 5.41) is 16.3. The molecule has 5 nitrogen and oxygen atoms in total. The molecule has 0 spiro atoms. The number of carbonyl (C=O) groups excluding carboxylic acids is 1. The first kappa shape index (κ1) is 22.8. The minimum Gasteiger partial charge on any atom is -0.315 e. The summed E-state index contributed by atoms with van der Waals surface area (Å²) in [6.07, 6.45) is -1.99. The van der Waals surface area contributed by atoms with Crippen LogP contribution in [0.25, 0.3) is 0 Å². The van der Waals surface area contributed by atoms with E-state index >= 15 is 0 Å². The van der Waals surface area contributed by atoms with E-state index in [2.05, 4.69) is 53.2 Å². The molecule has 10 heteroatoms. The predicted molar refractivity (Wildman–Crippen MR) is 112 cm³/mol. The van der Waals surface area contributed by atoms with Crippen molar-refractivity contribution in [3.05, 3.63) is 31.9 Å². The van der Waals surface area contributed by atoms with Crippen molar-refractivity contribution in [3.8, 4) is 6.07 Å². The van der Waals surface area contributed by atoms with Crippen molar-refractivity contribution in [2.75, 3.05) is 5.32 Å². The van der Waals surface area contributed by atoms with Gasteiger partial charge >= 0.3 is 6.18 Å². The number of amides is 1. The Morgan fingerprint density at radius 1 is 1.40 bits per heavy atom. The number of thiophene rings is 1. The summed E-state index contributed by atoms with van der Waals surface area (Å²) in [7, 11) is 0. The molecule has 1 N–H and O–H groups in total. The van der Waals surface area contributed by atoms with Crippen LogP contribution < -0.4 is 5.32 Å². The first-order valence-electron chi connectivity index (χ1n) is 9.47. The maximum absolute atomic E-state index is 13.0. The second kappa shape index (κ2) is 8.00. The predicted octanol–water partition coefficient (Wildman–Crippen LogP) is 5.70. The number of nitriles is 1. The van der Waals surface area contributed by atoms with Crippen molar-refractivity contribution < 1.29 is 18.0 Å². The van der Waals surface area contributed by atoms with Gasteiger partial charge in [-0.25, -0.2) is 0 Å². The Bertz CT molecular complexity index is 1030. The minimum atomic E-state index is -4.62. The average molecular weight is 503 g/mol. The highest BCUT2D eigenvalue weighted by Crippen LogP contribution is 2.44. The number of rotatable bonds is 3. The molecule has 0 aliphatic heterocycles. The Kier molecular flexibility index (Phi) is 6.09. The number of halogens is 4. The normalized spacial score (nSPS) is 16.8. The average Bonchev–Trinajstić information content (AvgIpc) is 3.11. The number of carbonyl (C=O) groups is 1. The van der Waals surface area contributed by atoms with Crippen LogP contribution in [0.15, 0.2) is 4.47 Å². The van der Waals surface area contributed by atoms with E-state index in [0.29, 0.717) is 16.5 Å². The maximum Gasteiger partial charge on any atom is 0.436 e. The second-order valence-electron chi connectivity index (χ2n) is 8.58. The van der Waals surface area contributed by atoms with E-state index in [4.69, 9.17) is 0 Å². The van der Waals surface area contributed by atoms with Crippen LogP contribution >= 0.6 is 27.3 Å². The zero-order valence-corrected chi connectivity index (χ0v) is 19.5. The van der Waals surface area contributed by atoms with Crippen molar-refractivity contribution in [3.63, 3.8) is 0 Å². The molecule has 0 radical (unpaired) electrons. The molecule has 0 fully saturated rings. The Hall–Kier alpha value is -1.86. The summed E-state index contributed by atoms with van der Waals surface area (Å²) in [6, 6.07) is 2.19. The van der Waals surface area contributed by atoms with Gasteiger partial charge in [0.1, 0.15) is 17.6 Å². The fourth-order valence-electron chi connectivity index (χ4n) is 3.69. The lowest BCUT2D eigenvalue weighted by Gasteiger charge is -2.33. The van der Waals surface area contributed by atoms with Crippen molar-refractivity contribution >= 4 is 38.2 Å². The largest absolute Gasteiger partial charge is 0.436 e. The summed E-state index contributed by atoms with van der Waals surface area (Å²) < 4.78 is 39.9. The Morgan fingerprint density at radius 3 is 2.60 bits per heavy atom. The monoisotopic (exact) mass is 502 g/mol. The van der Waals surface area contributed by atoms with Gasteiger partial charge in [0.15, 0.2) is 5.69 Å². The van der Waals surface area contributed by atoms with Gasteiger partial charge in [-0.2, -0.15) is 23.5 Å². The number of anilines is 1. The van der Waals surface area contributed by atoms with E-state index < -0.39 is 17.8 Å². The van der Waals surface area contributed by atoms with Crippen LogP contribution in [0.5, 0.6) is 0 Å². The fraction of sp³-hybridized carbons (Fsp3) is 0.550. The van der Waals surface area contributed by atoms with Gasteiger partial charge in [0, 0.05) is 4.88 Å². The topological polar surface area (TPSA) is 70.7 Å². The van der Waals surface area contributed by atoms with Gasteiger partial charge in [-0.1, -0.05) is 20.8 Å². The molecule has 0 aromatic carbocycles. The van der Waals surface area contributed by atoms with Crippen LogP contribution in [0.1, 0.15) is 54.6 Å². The molecule has 1 aliphatic carbocycles. The van der Waals surface area contributed by atoms with Gasteiger partial charge in [-0.05, 0) is 59.0 Å². The second-order valence-corrected chi connectivity index (χ2v) is 10.5. The van der Waals surface area contributed by atoms with E-state index in [1.54, 1.807) is 0 Å². The molecule has 2 heterocycles. The number of aromatic nitrogens is 2. The number of alkyl halides is 3. The molecule has 0 bridgehead atoms. The van der Waals surface area contributed by atoms with Crippen molar-refractivity contribution in [1.29, 1.82) is 5.26 Å². The van der Waals surface area contributed by atoms with Crippen molar-refractivity contribution in [2.45, 2.75) is 59.7 Å². The van der Waals surface area contributed by atoms with E-state index in [0.717, 1.165) is 34.4 Å². The standard InChI is InChI=1S/C20H22BrF3N4OS/c1-10-16(21)17(20(22,23)24)27-28(10)9-15(29)26-18-13(8-25)12-6-5-11(19(2,3)4)7-14(12)30-18/h11H,5-7,9H2,1-4H3,(H,26,29)/t11-/m0/s1. The van der Waals surface area contributed by atoms with Gasteiger partial charge in [0.05, 0.1) is 15.7 Å². The Morgan fingerprint density at radius 2 is 2.07 bits per heavy atom. The Labute approximate surface area is 185 Å². The summed E-state index contributed by atoms with van der Waals surface area (Å²) >= 11 is 4.29. The lowest BCUT2D eigenvalue weighted by molar-refractivity contribution is -0.142. The van der Waals surface area contributed by atoms with Gasteiger partial charge in [-0.3, -0.25) is 9.48 Å². The van der Waals surface area contributed by atoms with Gasteiger partial charge in [0.25, 0.3) is 0 Å². The quantitative estimate of drug-likeness (QED) is 0.585. The minimum absolute atomic E-state index is 0.152. The molecule has 1 atom stereocenters. The number of nitrogens with zero attached hydrogens (tertiary/aromatic N) is 3. The van der Waals surface area contributed by atoms with E-state index in [-0.39, 0.29) is 22.1 Å². The third-order valence-corrected chi connectivity index (χ3v) is 7.67. The molecule has 1 amide bonds. The van der Waals surface area contributed by atoms with Crippen LogP contribution in [-0.2, 0) is 30.4 Å². The van der Waals surface area contributed by atoms with Crippen LogP contribution in [-0.4, -0.2) is 15.7 Å². The third kappa shape index (κ3) is 4.42. The fourth-order valence-corrected chi connectivity index (χ4v) is 5.50. The SMILES string of the molecule is Cc1c(Br)c(C(F)(F)F)nn1CC(=O)Nc1sc2c(c1C#N)CC[C@H](C(C)(C)C)C2. The molecule has 2 aromatic heterocycles. The van der Waals surface area contributed by atoms with Crippen LogP contribution in [0, 0.1) is 29.6 Å². The summed E-state index contributed by atoms with van der Waals surface area (Å²) in [5.74, 6) is -0.0344. The zero-order valence-electron chi connectivity index (χ0n) is 17.1. The highest BCUT2D eigenvalue weighted by Gasteiger charge is 2.38. The zero-order chi connectivity index (χ0) is 22.4. The lowest BCUT2D eigenvalue weighted by Crippen LogP contribution is -2.26. The lowest BCUT2D eigenvalue weighted by atomic mass is 9.72. The molecule has 0 saturated carbocycles. The first-order valence-corrected chi connectivity index (χ1v) is 11.1. The summed E-state index contributed by atoms with van der Waals surface area (Å²) in [4.78, 5) is 13.6. The number of fused-ring (bicyclic) bond motifs is 1. The van der Waals surface area contributed by atoms with Crippen LogP contribution in [0.3, 0.4) is 0 Å². The van der Waals surface area contributed by atoms with Crippen molar-refractivity contribution in [2.24, 2.45) is 11.3 Å². The molecular formula is C20H22BrF3N4OS. The summed E-state index contributed by atoms with van der Waals surface area (Å²) in [6.45, 7) is 7.67. The van der Waals surface area contributed by atoms with E-state index in [1.807, 2.05) is 0 Å². The van der Waals surface area contributed by atoms with Gasteiger partial charge in [-0.15, -0.1) is 11.3 Å². The summed E-state index contributed by atoms with van der Waals surface area (Å²) in [5.41, 5.74) is 0.738. The molecule has 0 unspecified atom stereocenters. The number of hydrogen-bond donors (Lipinski definition) is 1. The van der Waals surface area contributed by atoms with Crippen LogP contribution in [0.4, 0.5) is 18.2 Å². The highest BCUT2D eigenvalue weighted by atomic mass is 79.9. The number of nitrogens with one attached hydrogen (secondary N) is 1. The van der Waals surface area contributed by atoms with Crippen LogP contribution in [0.2, 0.25) is 0 Å². The smallest absolute Gasteiger partial charge is 0.315 e. The molecular weight excluding hydrogens is 481 g/mol. The Balaban J connectivity index is 1.81. The first-order chi connectivity index (χ1) is 13.8. The van der Waals surface area contributed by atoms with Gasteiger partial charge < -0.3 is 5.32 Å².